The molecule has 0 aliphatic carbocycles. The highest BCUT2D eigenvalue weighted by atomic mass is 32.1. The maximum atomic E-state index is 12.0. The minimum atomic E-state index is -0.451. The van der Waals surface area contributed by atoms with Crippen molar-refractivity contribution in [3.8, 4) is 0 Å². The van der Waals surface area contributed by atoms with Gasteiger partial charge in [-0.25, -0.2) is 0 Å². The molecule has 2 atom stereocenters. The smallest absolute Gasteiger partial charge is 0.241 e. The number of carbonyl (C=O) groups is 1. The summed E-state index contributed by atoms with van der Waals surface area (Å²) >= 11 is 1.69. The van der Waals surface area contributed by atoms with Crippen LogP contribution in [0.25, 0.3) is 10.1 Å². The van der Waals surface area contributed by atoms with Gasteiger partial charge in [0.15, 0.2) is 0 Å². The topological polar surface area (TPSA) is 55.1 Å². The highest BCUT2D eigenvalue weighted by Crippen LogP contribution is 2.24. The number of rotatable bonds is 4. The fourth-order valence-electron chi connectivity index (χ4n) is 1.78. The van der Waals surface area contributed by atoms with Crippen molar-refractivity contribution in [2.45, 2.75) is 26.3 Å². The van der Waals surface area contributed by atoms with E-state index in [1.165, 1.54) is 4.70 Å². The Bertz CT molecular complexity index is 549. The molecular weight excluding hydrogens is 244 g/mol. The Kier molecular flexibility index (Phi) is 3.99. The van der Waals surface area contributed by atoms with Crippen LogP contribution in [-0.4, -0.2) is 11.9 Å². The van der Waals surface area contributed by atoms with Crippen LogP contribution in [0.2, 0.25) is 0 Å². The van der Waals surface area contributed by atoms with E-state index in [0.717, 1.165) is 17.5 Å². The van der Waals surface area contributed by atoms with Crippen molar-refractivity contribution >= 4 is 33.0 Å². The molecule has 0 fully saturated rings. The zero-order chi connectivity index (χ0) is 13.1. The Balaban J connectivity index is 2.10. The Morgan fingerprint density at radius 3 is 2.94 bits per heavy atom. The second-order valence-electron chi connectivity index (χ2n) is 4.57. The first-order valence-corrected chi connectivity index (χ1v) is 7.03. The van der Waals surface area contributed by atoms with Gasteiger partial charge in [0.2, 0.25) is 5.91 Å². The molecule has 2 aromatic rings. The van der Waals surface area contributed by atoms with Crippen LogP contribution in [0.4, 0.5) is 5.69 Å². The lowest BCUT2D eigenvalue weighted by atomic mass is 9.99. The van der Waals surface area contributed by atoms with Gasteiger partial charge in [-0.3, -0.25) is 4.79 Å². The third-order valence-electron chi connectivity index (χ3n) is 3.28. The molecule has 0 spiro atoms. The Labute approximate surface area is 111 Å². The van der Waals surface area contributed by atoms with Crippen molar-refractivity contribution in [3.63, 3.8) is 0 Å². The average Bonchev–Trinajstić information content (AvgIpc) is 2.84. The summed E-state index contributed by atoms with van der Waals surface area (Å²) in [5, 5.41) is 6.07. The quantitative estimate of drug-likeness (QED) is 0.889. The summed E-state index contributed by atoms with van der Waals surface area (Å²) < 4.78 is 1.22. The van der Waals surface area contributed by atoms with Gasteiger partial charge in [0.25, 0.3) is 0 Å². The van der Waals surface area contributed by atoms with Gasteiger partial charge in [-0.05, 0) is 40.9 Å². The molecule has 0 bridgehead atoms. The Morgan fingerprint density at radius 1 is 1.44 bits per heavy atom. The second-order valence-corrected chi connectivity index (χ2v) is 5.52. The minimum absolute atomic E-state index is 0.112. The molecule has 0 aliphatic rings. The van der Waals surface area contributed by atoms with Crippen molar-refractivity contribution in [3.05, 3.63) is 29.6 Å². The van der Waals surface area contributed by atoms with Crippen molar-refractivity contribution < 1.29 is 4.79 Å². The molecule has 2 unspecified atom stereocenters. The number of nitrogens with two attached hydrogens (primary N) is 1. The summed E-state index contributed by atoms with van der Waals surface area (Å²) in [6.45, 7) is 4.03. The lowest BCUT2D eigenvalue weighted by molar-refractivity contribution is -0.118. The third-order valence-corrected chi connectivity index (χ3v) is 4.18. The fraction of sp³-hybridized carbons (Fsp3) is 0.357. The van der Waals surface area contributed by atoms with Crippen LogP contribution in [0.15, 0.2) is 29.6 Å². The molecule has 3 nitrogen and oxygen atoms in total. The molecule has 1 amide bonds. The van der Waals surface area contributed by atoms with E-state index >= 15 is 0 Å². The normalized spacial score (nSPS) is 14.4. The summed E-state index contributed by atoms with van der Waals surface area (Å²) in [4.78, 5) is 12.0. The number of hydrogen-bond acceptors (Lipinski definition) is 3. The van der Waals surface area contributed by atoms with Crippen LogP contribution in [0.1, 0.15) is 20.3 Å². The molecule has 1 heterocycles. The first-order valence-electron chi connectivity index (χ1n) is 6.15. The predicted octanol–water partition coefficient (Wildman–Crippen LogP) is 3.21. The number of thiophene rings is 1. The van der Waals surface area contributed by atoms with E-state index in [4.69, 9.17) is 5.73 Å². The maximum absolute atomic E-state index is 12.0. The number of carbonyl (C=O) groups excluding carboxylic acids is 1. The van der Waals surface area contributed by atoms with Gasteiger partial charge in [0.05, 0.1) is 6.04 Å². The zero-order valence-corrected chi connectivity index (χ0v) is 11.5. The van der Waals surface area contributed by atoms with Gasteiger partial charge in [0, 0.05) is 10.4 Å². The number of fused-ring (bicyclic) bond motifs is 1. The predicted molar refractivity (Wildman–Crippen MR) is 77.9 cm³/mol. The van der Waals surface area contributed by atoms with Crippen LogP contribution in [-0.2, 0) is 4.79 Å². The van der Waals surface area contributed by atoms with E-state index in [2.05, 4.69) is 5.32 Å². The summed E-state index contributed by atoms with van der Waals surface area (Å²) in [5.41, 5.74) is 6.71. The zero-order valence-electron chi connectivity index (χ0n) is 10.6. The molecule has 4 heteroatoms. The van der Waals surface area contributed by atoms with Gasteiger partial charge >= 0.3 is 0 Å². The standard InChI is InChI=1S/C14H18N2OS/c1-3-9(2)13(15)14(17)16-11-4-5-12-10(8-11)6-7-18-12/h4-9,13H,3,15H2,1-2H3,(H,16,17). The van der Waals surface area contributed by atoms with Crippen LogP contribution in [0, 0.1) is 5.92 Å². The molecule has 0 saturated carbocycles. The van der Waals surface area contributed by atoms with Crippen LogP contribution in [0.3, 0.4) is 0 Å². The Morgan fingerprint density at radius 2 is 2.22 bits per heavy atom. The van der Waals surface area contributed by atoms with Crippen molar-refractivity contribution in [1.82, 2.24) is 0 Å². The summed E-state index contributed by atoms with van der Waals surface area (Å²) in [6, 6.07) is 7.51. The number of nitrogens with one attached hydrogen (secondary N) is 1. The molecular formula is C14H18N2OS. The Hall–Kier alpha value is -1.39. The van der Waals surface area contributed by atoms with Gasteiger partial charge < -0.3 is 11.1 Å². The van der Waals surface area contributed by atoms with Crippen LogP contribution >= 0.6 is 11.3 Å². The molecule has 0 radical (unpaired) electrons. The highest BCUT2D eigenvalue weighted by molar-refractivity contribution is 7.17. The second kappa shape index (κ2) is 5.50. The van der Waals surface area contributed by atoms with E-state index in [1.807, 2.05) is 43.5 Å². The first-order chi connectivity index (χ1) is 8.61. The van der Waals surface area contributed by atoms with Gasteiger partial charge in [-0.2, -0.15) is 0 Å². The van der Waals surface area contributed by atoms with E-state index in [-0.39, 0.29) is 11.8 Å². The number of benzene rings is 1. The average molecular weight is 262 g/mol. The SMILES string of the molecule is CCC(C)C(N)C(=O)Nc1ccc2sccc2c1. The van der Waals surface area contributed by atoms with Crippen molar-refractivity contribution in [2.24, 2.45) is 11.7 Å². The van der Waals surface area contributed by atoms with Gasteiger partial charge in [-0.15, -0.1) is 11.3 Å². The van der Waals surface area contributed by atoms with Crippen molar-refractivity contribution in [2.75, 3.05) is 5.32 Å². The lowest BCUT2D eigenvalue weighted by Gasteiger charge is -2.17. The summed E-state index contributed by atoms with van der Waals surface area (Å²) in [6.07, 6.45) is 0.901. The molecule has 18 heavy (non-hydrogen) atoms. The molecule has 1 aromatic heterocycles. The molecule has 3 N–H and O–H groups in total. The van der Waals surface area contributed by atoms with Gasteiger partial charge in [0.1, 0.15) is 0 Å². The molecule has 0 saturated heterocycles. The highest BCUT2D eigenvalue weighted by Gasteiger charge is 2.19. The number of anilines is 1. The van der Waals surface area contributed by atoms with Crippen LogP contribution < -0.4 is 11.1 Å². The van der Waals surface area contributed by atoms with E-state index in [9.17, 15) is 4.79 Å². The number of amides is 1. The largest absolute Gasteiger partial charge is 0.325 e. The summed E-state index contributed by atoms with van der Waals surface area (Å²) in [7, 11) is 0. The maximum Gasteiger partial charge on any atom is 0.241 e. The molecule has 0 aliphatic heterocycles. The lowest BCUT2D eigenvalue weighted by Crippen LogP contribution is -2.40. The van der Waals surface area contributed by atoms with Crippen LogP contribution in [0.5, 0.6) is 0 Å². The minimum Gasteiger partial charge on any atom is -0.325 e. The van der Waals surface area contributed by atoms with E-state index in [1.54, 1.807) is 11.3 Å². The third kappa shape index (κ3) is 2.71. The number of hydrogen-bond donors (Lipinski definition) is 2. The van der Waals surface area contributed by atoms with E-state index < -0.39 is 6.04 Å². The first kappa shape index (κ1) is 13.1. The van der Waals surface area contributed by atoms with E-state index in [0.29, 0.717) is 0 Å². The summed E-state index contributed by atoms with van der Waals surface area (Å²) in [5.74, 6) is 0.0776. The van der Waals surface area contributed by atoms with Gasteiger partial charge in [-0.1, -0.05) is 20.3 Å². The molecule has 2 rings (SSSR count). The molecule has 96 valence electrons. The fourth-order valence-corrected chi connectivity index (χ4v) is 2.55. The monoisotopic (exact) mass is 262 g/mol. The van der Waals surface area contributed by atoms with Crippen molar-refractivity contribution in [1.29, 1.82) is 0 Å². The molecule has 1 aromatic carbocycles.